The molecule has 4 rings (SSSR count). The van der Waals surface area contributed by atoms with E-state index in [0.29, 0.717) is 11.4 Å². The molecule has 1 heterocycles. The molecular weight excluding hydrogens is 553 g/mol. The predicted octanol–water partition coefficient (Wildman–Crippen LogP) is 6.91. The summed E-state index contributed by atoms with van der Waals surface area (Å²) in [5.41, 5.74) is -1.33. The lowest BCUT2D eigenvalue weighted by molar-refractivity contribution is -0.137. The quantitative estimate of drug-likeness (QED) is 0.372. The molecule has 9 heteroatoms. The Kier molecular flexibility index (Phi) is 5.85. The topological polar surface area (TPSA) is 43.8 Å². The Morgan fingerprint density at radius 2 is 1.44 bits per heavy atom. The van der Waals surface area contributed by atoms with Gasteiger partial charge in [-0.25, -0.2) is 4.79 Å². The number of amides is 2. The molecule has 1 N–H and O–H groups in total. The fourth-order valence-electron chi connectivity index (χ4n) is 3.89. The first-order valence-corrected chi connectivity index (χ1v) is 11.1. The van der Waals surface area contributed by atoms with E-state index < -0.39 is 29.5 Å². The predicted molar refractivity (Wildman–Crippen MR) is 123 cm³/mol. The highest BCUT2D eigenvalue weighted by atomic mass is 79.9. The second-order valence-electron chi connectivity index (χ2n) is 7.54. The van der Waals surface area contributed by atoms with Gasteiger partial charge in [0, 0.05) is 20.3 Å². The molecule has 3 aromatic carbocycles. The second-order valence-corrected chi connectivity index (χ2v) is 9.37. The number of benzene rings is 3. The van der Waals surface area contributed by atoms with Gasteiger partial charge in [-0.1, -0.05) is 44.0 Å². The van der Waals surface area contributed by atoms with E-state index in [4.69, 9.17) is 0 Å². The van der Waals surface area contributed by atoms with Gasteiger partial charge < -0.3 is 5.11 Å². The van der Waals surface area contributed by atoms with E-state index in [1.54, 1.807) is 55.5 Å². The number of aliphatic hydroxyl groups is 1. The van der Waals surface area contributed by atoms with E-state index in [1.165, 1.54) is 21.9 Å². The third-order valence-corrected chi connectivity index (χ3v) is 6.63. The van der Waals surface area contributed by atoms with E-state index in [9.17, 15) is 23.1 Å². The van der Waals surface area contributed by atoms with Crippen LogP contribution in [0.2, 0.25) is 0 Å². The van der Waals surface area contributed by atoms with Gasteiger partial charge >= 0.3 is 12.2 Å². The molecule has 0 saturated carbocycles. The average Bonchev–Trinajstić information content (AvgIpc) is 2.95. The number of aliphatic hydroxyl groups excluding tert-OH is 1. The number of hydrogen-bond donors (Lipinski definition) is 1. The minimum absolute atomic E-state index is 0.163. The lowest BCUT2D eigenvalue weighted by Crippen LogP contribution is -2.47. The van der Waals surface area contributed by atoms with Crippen molar-refractivity contribution in [2.45, 2.75) is 24.9 Å². The maximum Gasteiger partial charge on any atom is 0.416 e. The Hall–Kier alpha value is -2.36. The molecule has 0 radical (unpaired) electrons. The average molecular weight is 570 g/mol. The summed E-state index contributed by atoms with van der Waals surface area (Å²) in [4.78, 5) is 16.1. The van der Waals surface area contributed by atoms with Gasteiger partial charge in [-0.05, 0) is 73.2 Å². The summed E-state index contributed by atoms with van der Waals surface area (Å²) in [5, 5.41) is 11.4. The van der Waals surface area contributed by atoms with Crippen molar-refractivity contribution in [3.8, 4) is 0 Å². The van der Waals surface area contributed by atoms with Gasteiger partial charge in [-0.15, -0.1) is 0 Å². The molecule has 166 valence electrons. The monoisotopic (exact) mass is 568 g/mol. The molecular formula is C23H17Br2F3N2O2. The van der Waals surface area contributed by atoms with E-state index >= 15 is 0 Å². The molecule has 3 aromatic rings. The first-order chi connectivity index (χ1) is 15.0. The normalized spacial score (nSPS) is 21.3. The van der Waals surface area contributed by atoms with Crippen LogP contribution >= 0.6 is 31.9 Å². The zero-order valence-corrected chi connectivity index (χ0v) is 19.8. The summed E-state index contributed by atoms with van der Waals surface area (Å²) in [5.74, 6) is 0. The molecule has 2 atom stereocenters. The highest BCUT2D eigenvalue weighted by Gasteiger charge is 2.56. The fourth-order valence-corrected chi connectivity index (χ4v) is 4.42. The Bertz CT molecular complexity index is 1150. The van der Waals surface area contributed by atoms with Crippen LogP contribution in [0.5, 0.6) is 0 Å². The third-order valence-electron chi connectivity index (χ3n) is 5.57. The summed E-state index contributed by atoms with van der Waals surface area (Å²) in [6.45, 7) is 1.56. The number of anilines is 2. The van der Waals surface area contributed by atoms with Crippen molar-refractivity contribution in [2.24, 2.45) is 0 Å². The number of carbonyl (C=O) groups is 1. The molecule has 4 nitrogen and oxygen atoms in total. The number of halogens is 5. The van der Waals surface area contributed by atoms with Crippen LogP contribution in [0, 0.1) is 0 Å². The Labute approximate surface area is 199 Å². The van der Waals surface area contributed by atoms with Crippen molar-refractivity contribution < 1.29 is 23.1 Å². The molecule has 1 fully saturated rings. The Balaban J connectivity index is 1.91. The Morgan fingerprint density at radius 1 is 0.906 bits per heavy atom. The molecule has 0 aliphatic carbocycles. The molecule has 0 aromatic heterocycles. The number of hydrogen-bond acceptors (Lipinski definition) is 2. The van der Waals surface area contributed by atoms with Crippen LogP contribution in [-0.2, 0) is 11.7 Å². The van der Waals surface area contributed by atoms with Gasteiger partial charge in [0.15, 0.2) is 6.23 Å². The van der Waals surface area contributed by atoms with Crippen molar-refractivity contribution >= 4 is 49.3 Å². The van der Waals surface area contributed by atoms with Crippen LogP contribution in [0.15, 0.2) is 81.7 Å². The Morgan fingerprint density at radius 3 is 1.97 bits per heavy atom. The SMILES string of the molecule is C[C@@]1(c2cccc(C(F)(F)F)c2)C(O)N(c2ccc(Br)cc2)C(=O)N1c1ccc(Br)cc1. The second kappa shape index (κ2) is 8.20. The van der Waals surface area contributed by atoms with Crippen LogP contribution < -0.4 is 9.80 Å². The molecule has 1 saturated heterocycles. The molecule has 1 aliphatic rings. The van der Waals surface area contributed by atoms with Gasteiger partial charge in [0.25, 0.3) is 0 Å². The van der Waals surface area contributed by atoms with E-state index in [1.807, 2.05) is 0 Å². The maximum atomic E-state index is 13.6. The van der Waals surface area contributed by atoms with E-state index in [-0.39, 0.29) is 5.56 Å². The summed E-state index contributed by atoms with van der Waals surface area (Å²) in [7, 11) is 0. The third kappa shape index (κ3) is 3.82. The molecule has 2 amide bonds. The van der Waals surface area contributed by atoms with Crippen molar-refractivity contribution in [1.82, 2.24) is 0 Å². The largest absolute Gasteiger partial charge is 0.416 e. The molecule has 32 heavy (non-hydrogen) atoms. The number of alkyl halides is 3. The molecule has 1 aliphatic heterocycles. The van der Waals surface area contributed by atoms with Gasteiger partial charge in [0.2, 0.25) is 0 Å². The van der Waals surface area contributed by atoms with Gasteiger partial charge in [0.05, 0.1) is 5.56 Å². The molecule has 0 spiro atoms. The van der Waals surface area contributed by atoms with E-state index in [0.717, 1.165) is 21.1 Å². The molecule has 1 unspecified atom stereocenters. The van der Waals surface area contributed by atoms with Crippen molar-refractivity contribution in [1.29, 1.82) is 0 Å². The minimum atomic E-state index is -4.56. The lowest BCUT2D eigenvalue weighted by atomic mass is 9.87. The van der Waals surface area contributed by atoms with Gasteiger partial charge in [-0.2, -0.15) is 13.2 Å². The van der Waals surface area contributed by atoms with Crippen LogP contribution in [0.4, 0.5) is 29.3 Å². The number of carbonyl (C=O) groups excluding carboxylic acids is 1. The first kappa shape index (κ1) is 22.8. The fraction of sp³-hybridized carbons (Fsp3) is 0.174. The first-order valence-electron chi connectivity index (χ1n) is 9.54. The van der Waals surface area contributed by atoms with Gasteiger partial charge in [0.1, 0.15) is 5.54 Å². The van der Waals surface area contributed by atoms with Crippen molar-refractivity contribution in [3.05, 3.63) is 92.9 Å². The van der Waals surface area contributed by atoms with Crippen LogP contribution in [0.25, 0.3) is 0 Å². The standard InChI is InChI=1S/C23H17Br2F3N2O2/c1-22(14-3-2-4-15(13-14)23(26,27)28)20(31)29(18-9-5-16(24)6-10-18)21(32)30(22)19-11-7-17(25)8-12-19/h2-13,20,31H,1H3/t20?,22-/m1/s1. The van der Waals surface area contributed by atoms with Crippen LogP contribution in [-0.4, -0.2) is 17.4 Å². The maximum absolute atomic E-state index is 13.6. The number of urea groups is 1. The minimum Gasteiger partial charge on any atom is -0.370 e. The highest BCUT2D eigenvalue weighted by Crippen LogP contribution is 2.46. The number of rotatable bonds is 3. The molecule has 0 bridgehead atoms. The summed E-state index contributed by atoms with van der Waals surface area (Å²) < 4.78 is 41.9. The zero-order chi connectivity index (χ0) is 23.3. The number of nitrogens with zero attached hydrogens (tertiary/aromatic N) is 2. The zero-order valence-electron chi connectivity index (χ0n) is 16.6. The van der Waals surface area contributed by atoms with Crippen molar-refractivity contribution in [3.63, 3.8) is 0 Å². The summed E-state index contributed by atoms with van der Waals surface area (Å²) in [6, 6.07) is 17.7. The van der Waals surface area contributed by atoms with Crippen LogP contribution in [0.3, 0.4) is 0 Å². The van der Waals surface area contributed by atoms with Gasteiger partial charge in [-0.3, -0.25) is 9.80 Å². The van der Waals surface area contributed by atoms with Crippen molar-refractivity contribution in [2.75, 3.05) is 9.80 Å². The van der Waals surface area contributed by atoms with Crippen LogP contribution in [0.1, 0.15) is 18.1 Å². The van der Waals surface area contributed by atoms with E-state index in [2.05, 4.69) is 31.9 Å². The smallest absolute Gasteiger partial charge is 0.370 e. The summed E-state index contributed by atoms with van der Waals surface area (Å²) >= 11 is 6.69. The highest BCUT2D eigenvalue weighted by molar-refractivity contribution is 9.10. The lowest BCUT2D eigenvalue weighted by Gasteiger charge is -2.36. The summed E-state index contributed by atoms with van der Waals surface area (Å²) in [6.07, 6.45) is -6.02.